The second-order valence-corrected chi connectivity index (χ2v) is 5.28. The van der Waals surface area contributed by atoms with Crippen LogP contribution in [0.1, 0.15) is 25.3 Å². The molecule has 4 heteroatoms. The van der Waals surface area contributed by atoms with Gasteiger partial charge in [0.1, 0.15) is 5.75 Å². The van der Waals surface area contributed by atoms with E-state index in [1.807, 2.05) is 12.1 Å². The molecule has 19 heavy (non-hydrogen) atoms. The van der Waals surface area contributed by atoms with Crippen LogP contribution in [0.2, 0.25) is 0 Å². The highest BCUT2D eigenvalue weighted by Gasteiger charge is 2.24. The third-order valence-electron chi connectivity index (χ3n) is 3.64. The van der Waals surface area contributed by atoms with Crippen molar-refractivity contribution in [2.45, 2.75) is 32.2 Å². The second-order valence-electron chi connectivity index (χ2n) is 5.28. The first kappa shape index (κ1) is 13.9. The maximum atomic E-state index is 12.0. The summed E-state index contributed by atoms with van der Waals surface area (Å²) >= 11 is 0. The third kappa shape index (κ3) is 4.24. The molecule has 1 heterocycles. The summed E-state index contributed by atoms with van der Waals surface area (Å²) in [6.07, 6.45) is 2.65. The predicted molar refractivity (Wildman–Crippen MR) is 75.0 cm³/mol. The quantitative estimate of drug-likeness (QED) is 0.769. The molecule has 2 unspecified atom stereocenters. The molecule has 1 amide bonds. The molecule has 2 atom stereocenters. The number of phenols is 1. The zero-order valence-corrected chi connectivity index (χ0v) is 11.4. The lowest BCUT2D eigenvalue weighted by Gasteiger charge is -2.27. The van der Waals surface area contributed by atoms with Crippen LogP contribution in [0.5, 0.6) is 5.75 Å². The Bertz CT molecular complexity index is 417. The minimum absolute atomic E-state index is 0.149. The molecular weight excluding hydrogens is 240 g/mol. The Morgan fingerprint density at radius 3 is 2.84 bits per heavy atom. The van der Waals surface area contributed by atoms with Gasteiger partial charge in [-0.05, 0) is 50.4 Å². The van der Waals surface area contributed by atoms with Crippen molar-refractivity contribution in [3.8, 4) is 5.75 Å². The molecule has 4 nitrogen and oxygen atoms in total. The van der Waals surface area contributed by atoms with E-state index in [1.54, 1.807) is 12.1 Å². The Kier molecular flexibility index (Phi) is 4.80. The number of amides is 1. The van der Waals surface area contributed by atoms with Gasteiger partial charge in [0.2, 0.25) is 5.91 Å². The van der Waals surface area contributed by atoms with E-state index < -0.39 is 0 Å². The summed E-state index contributed by atoms with van der Waals surface area (Å²) in [7, 11) is 0. The topological polar surface area (TPSA) is 61.4 Å². The summed E-state index contributed by atoms with van der Waals surface area (Å²) in [5, 5.41) is 15.5. The van der Waals surface area contributed by atoms with Crippen LogP contribution < -0.4 is 10.6 Å². The van der Waals surface area contributed by atoms with Crippen molar-refractivity contribution in [3.05, 3.63) is 29.8 Å². The van der Waals surface area contributed by atoms with Gasteiger partial charge in [0.25, 0.3) is 0 Å². The van der Waals surface area contributed by atoms with Crippen molar-refractivity contribution in [3.63, 3.8) is 0 Å². The van der Waals surface area contributed by atoms with E-state index in [9.17, 15) is 9.90 Å². The molecular formula is C15H22N2O2. The van der Waals surface area contributed by atoms with Crippen LogP contribution in [0.3, 0.4) is 0 Å². The fourth-order valence-electron chi connectivity index (χ4n) is 2.51. The molecule has 1 fully saturated rings. The molecule has 0 radical (unpaired) electrons. The molecule has 0 spiro atoms. The van der Waals surface area contributed by atoms with E-state index in [-0.39, 0.29) is 17.6 Å². The predicted octanol–water partition coefficient (Wildman–Crippen LogP) is 1.44. The van der Waals surface area contributed by atoms with Crippen LogP contribution in [-0.2, 0) is 11.2 Å². The summed E-state index contributed by atoms with van der Waals surface area (Å²) in [5.74, 6) is 0.597. The lowest BCUT2D eigenvalue weighted by Crippen LogP contribution is -2.42. The zero-order valence-electron chi connectivity index (χ0n) is 11.4. The van der Waals surface area contributed by atoms with Crippen LogP contribution in [0.4, 0.5) is 0 Å². The van der Waals surface area contributed by atoms with Gasteiger partial charge in [-0.2, -0.15) is 0 Å². The average Bonchev–Trinajstić information content (AvgIpc) is 2.41. The van der Waals surface area contributed by atoms with E-state index >= 15 is 0 Å². The summed E-state index contributed by atoms with van der Waals surface area (Å²) in [6.45, 7) is 3.70. The number of rotatable bonds is 4. The Hall–Kier alpha value is -1.55. The summed E-state index contributed by atoms with van der Waals surface area (Å²) in [5.41, 5.74) is 1.12. The number of carbonyl (C=O) groups excluding carboxylic acids is 1. The molecule has 1 saturated heterocycles. The lowest BCUT2D eigenvalue weighted by atomic mass is 9.92. The van der Waals surface area contributed by atoms with Crippen molar-refractivity contribution < 1.29 is 9.90 Å². The van der Waals surface area contributed by atoms with Gasteiger partial charge < -0.3 is 15.7 Å². The van der Waals surface area contributed by atoms with Crippen LogP contribution in [0, 0.1) is 5.92 Å². The number of carbonyl (C=O) groups is 1. The zero-order chi connectivity index (χ0) is 13.7. The molecule has 0 saturated carbocycles. The first-order valence-corrected chi connectivity index (χ1v) is 6.94. The fraction of sp³-hybridized carbons (Fsp3) is 0.533. The van der Waals surface area contributed by atoms with E-state index in [1.165, 1.54) is 0 Å². The van der Waals surface area contributed by atoms with Crippen molar-refractivity contribution >= 4 is 5.91 Å². The molecule has 0 bridgehead atoms. The van der Waals surface area contributed by atoms with Gasteiger partial charge in [-0.25, -0.2) is 0 Å². The molecule has 104 valence electrons. The van der Waals surface area contributed by atoms with Crippen molar-refractivity contribution in [2.24, 2.45) is 5.92 Å². The van der Waals surface area contributed by atoms with E-state index in [2.05, 4.69) is 17.6 Å². The van der Waals surface area contributed by atoms with Gasteiger partial charge in [0.15, 0.2) is 0 Å². The van der Waals surface area contributed by atoms with Crippen molar-refractivity contribution in [1.29, 1.82) is 0 Å². The van der Waals surface area contributed by atoms with E-state index in [0.717, 1.165) is 31.4 Å². The van der Waals surface area contributed by atoms with Gasteiger partial charge in [-0.15, -0.1) is 0 Å². The Labute approximate surface area is 114 Å². The minimum atomic E-state index is 0.149. The van der Waals surface area contributed by atoms with Gasteiger partial charge in [0, 0.05) is 18.5 Å². The maximum Gasteiger partial charge on any atom is 0.223 e. The van der Waals surface area contributed by atoms with Crippen molar-refractivity contribution in [2.75, 3.05) is 13.1 Å². The Morgan fingerprint density at radius 1 is 1.42 bits per heavy atom. The summed E-state index contributed by atoms with van der Waals surface area (Å²) < 4.78 is 0. The molecule has 1 aromatic rings. The van der Waals surface area contributed by atoms with Gasteiger partial charge in [-0.3, -0.25) is 4.79 Å². The summed E-state index contributed by atoms with van der Waals surface area (Å²) in [6, 6.07) is 7.54. The fourth-order valence-corrected chi connectivity index (χ4v) is 2.51. The number of benzene rings is 1. The number of hydrogen-bond donors (Lipinski definition) is 3. The largest absolute Gasteiger partial charge is 0.508 e. The lowest BCUT2D eigenvalue weighted by molar-refractivity contribution is -0.126. The van der Waals surface area contributed by atoms with Crippen LogP contribution >= 0.6 is 0 Å². The normalized spacial score (nSPS) is 23.0. The van der Waals surface area contributed by atoms with Crippen LogP contribution in [0.15, 0.2) is 24.3 Å². The van der Waals surface area contributed by atoms with Gasteiger partial charge in [0.05, 0.1) is 0 Å². The van der Waals surface area contributed by atoms with Crippen LogP contribution in [-0.4, -0.2) is 30.1 Å². The SMILES string of the molecule is CC1CC(C(=O)NCCc2ccc(O)cc2)CCN1. The first-order valence-electron chi connectivity index (χ1n) is 6.94. The third-order valence-corrected chi connectivity index (χ3v) is 3.64. The highest BCUT2D eigenvalue weighted by Crippen LogP contribution is 2.16. The number of aromatic hydroxyl groups is 1. The first-order chi connectivity index (χ1) is 9.15. The van der Waals surface area contributed by atoms with E-state index in [0.29, 0.717) is 12.6 Å². The smallest absolute Gasteiger partial charge is 0.223 e. The molecule has 2 rings (SSSR count). The standard InChI is InChI=1S/C15H22N2O2/c1-11-10-13(7-9-16-11)15(19)17-8-6-12-2-4-14(18)5-3-12/h2-5,11,13,16,18H,6-10H2,1H3,(H,17,19). The molecule has 0 aromatic heterocycles. The number of piperidine rings is 1. The van der Waals surface area contributed by atoms with E-state index in [4.69, 9.17) is 0 Å². The highest BCUT2D eigenvalue weighted by molar-refractivity contribution is 5.78. The molecule has 1 aliphatic rings. The number of phenolic OH excluding ortho intramolecular Hbond substituents is 1. The molecule has 1 aliphatic heterocycles. The maximum absolute atomic E-state index is 12.0. The van der Waals surface area contributed by atoms with Gasteiger partial charge in [-0.1, -0.05) is 12.1 Å². The van der Waals surface area contributed by atoms with Crippen molar-refractivity contribution in [1.82, 2.24) is 10.6 Å². The van der Waals surface area contributed by atoms with Gasteiger partial charge >= 0.3 is 0 Å². The average molecular weight is 262 g/mol. The summed E-state index contributed by atoms with van der Waals surface area (Å²) in [4.78, 5) is 12.0. The molecule has 3 N–H and O–H groups in total. The minimum Gasteiger partial charge on any atom is -0.508 e. The second kappa shape index (κ2) is 6.57. The monoisotopic (exact) mass is 262 g/mol. The Balaban J connectivity index is 1.73. The highest BCUT2D eigenvalue weighted by atomic mass is 16.3. The number of nitrogens with one attached hydrogen (secondary N) is 2. The number of hydrogen-bond acceptors (Lipinski definition) is 3. The van der Waals surface area contributed by atoms with Crippen LogP contribution in [0.25, 0.3) is 0 Å². The molecule has 0 aliphatic carbocycles. The Morgan fingerprint density at radius 2 is 2.16 bits per heavy atom. The molecule has 1 aromatic carbocycles.